The van der Waals surface area contributed by atoms with Crippen molar-refractivity contribution in [3.8, 4) is 0 Å². The van der Waals surface area contributed by atoms with E-state index in [4.69, 9.17) is 0 Å². The second kappa shape index (κ2) is 11.4. The first kappa shape index (κ1) is 23.4. The molecule has 2 aliphatic carbocycles. The maximum atomic E-state index is 14.8. The number of unbranched alkanes of at least 4 members (excludes halogenated alkanes) is 1. The lowest BCUT2D eigenvalue weighted by atomic mass is 9.68. The molecule has 3 heteroatoms. The quantitative estimate of drug-likeness (QED) is 0.393. The van der Waals surface area contributed by atoms with E-state index in [-0.39, 0.29) is 23.7 Å². The maximum absolute atomic E-state index is 14.8. The van der Waals surface area contributed by atoms with Gasteiger partial charge in [-0.1, -0.05) is 58.1 Å². The van der Waals surface area contributed by atoms with Gasteiger partial charge < -0.3 is 0 Å². The maximum Gasteiger partial charge on any atom is 0.161 e. The van der Waals surface area contributed by atoms with Crippen molar-refractivity contribution in [1.29, 1.82) is 0 Å². The average Bonchev–Trinajstić information content (AvgIpc) is 2.78. The molecule has 0 bridgehead atoms. The molecule has 168 valence electrons. The van der Waals surface area contributed by atoms with Crippen LogP contribution < -0.4 is 0 Å². The van der Waals surface area contributed by atoms with E-state index in [0.717, 1.165) is 37.0 Å². The summed E-state index contributed by atoms with van der Waals surface area (Å²) in [7, 11) is 0. The Kier molecular flexibility index (Phi) is 8.89. The van der Waals surface area contributed by atoms with Crippen LogP contribution in [-0.2, 0) is 0 Å². The van der Waals surface area contributed by atoms with Crippen molar-refractivity contribution >= 4 is 5.83 Å². The van der Waals surface area contributed by atoms with E-state index in [0.29, 0.717) is 12.0 Å². The summed E-state index contributed by atoms with van der Waals surface area (Å²) < 4.78 is 43.0. The fraction of sp³-hybridized carbons (Fsp3) is 0.704. The fourth-order valence-corrected chi connectivity index (χ4v) is 5.85. The first-order chi connectivity index (χ1) is 14.5. The van der Waals surface area contributed by atoms with Crippen LogP contribution in [0.5, 0.6) is 0 Å². The van der Waals surface area contributed by atoms with Crippen molar-refractivity contribution in [3.05, 3.63) is 41.0 Å². The highest BCUT2D eigenvalue weighted by Crippen LogP contribution is 2.45. The predicted molar refractivity (Wildman–Crippen MR) is 120 cm³/mol. The molecule has 0 aromatic heterocycles. The number of hydrogen-bond donors (Lipinski definition) is 0. The van der Waals surface area contributed by atoms with Gasteiger partial charge >= 0.3 is 0 Å². The summed E-state index contributed by atoms with van der Waals surface area (Å²) in [5.41, 5.74) is 0.716. The number of rotatable bonds is 8. The van der Waals surface area contributed by atoms with Gasteiger partial charge in [-0.25, -0.2) is 13.2 Å². The molecule has 30 heavy (non-hydrogen) atoms. The number of halogens is 3. The van der Waals surface area contributed by atoms with Gasteiger partial charge in [0.15, 0.2) is 5.83 Å². The zero-order chi connectivity index (χ0) is 21.5. The van der Waals surface area contributed by atoms with Crippen molar-refractivity contribution < 1.29 is 13.2 Å². The largest absolute Gasteiger partial charge is 0.209 e. The molecule has 1 aromatic rings. The van der Waals surface area contributed by atoms with Gasteiger partial charge in [-0.05, 0) is 80.2 Å². The van der Waals surface area contributed by atoms with E-state index >= 15 is 0 Å². The number of hydrogen-bond acceptors (Lipinski definition) is 0. The van der Waals surface area contributed by atoms with Crippen LogP contribution in [0.25, 0.3) is 5.83 Å². The lowest BCUT2D eigenvalue weighted by molar-refractivity contribution is 0.156. The molecule has 2 saturated carbocycles. The zero-order valence-corrected chi connectivity index (χ0v) is 18.9. The van der Waals surface area contributed by atoms with E-state index in [1.165, 1.54) is 57.4 Å². The third-order valence-corrected chi connectivity index (χ3v) is 7.71. The van der Waals surface area contributed by atoms with Gasteiger partial charge in [0, 0.05) is 12.0 Å². The Morgan fingerprint density at radius 1 is 0.867 bits per heavy atom. The molecule has 0 N–H and O–H groups in total. The molecule has 0 heterocycles. The van der Waals surface area contributed by atoms with Crippen LogP contribution >= 0.6 is 0 Å². The zero-order valence-electron chi connectivity index (χ0n) is 18.9. The van der Waals surface area contributed by atoms with Crippen LogP contribution in [0.2, 0.25) is 0 Å². The van der Waals surface area contributed by atoms with Gasteiger partial charge in [0.05, 0.1) is 0 Å². The normalized spacial score (nSPS) is 28.3. The van der Waals surface area contributed by atoms with Gasteiger partial charge in [-0.15, -0.1) is 0 Å². The van der Waals surface area contributed by atoms with Crippen LogP contribution in [0.1, 0.15) is 114 Å². The molecule has 2 fully saturated rings. The Bertz CT molecular complexity index is 692. The lowest BCUT2D eigenvalue weighted by Crippen LogP contribution is -2.25. The minimum absolute atomic E-state index is 0.0300. The molecular formula is C27H39F3. The van der Waals surface area contributed by atoms with Crippen molar-refractivity contribution in [2.45, 2.75) is 103 Å². The van der Waals surface area contributed by atoms with Crippen LogP contribution in [0.15, 0.2) is 24.0 Å². The predicted octanol–water partition coefficient (Wildman–Crippen LogP) is 9.50. The molecular weight excluding hydrogens is 381 g/mol. The molecule has 0 atom stereocenters. The SMILES string of the molecule is CCCC/C(F)=C(\F)c1ccc(C2CCC([C@H]3CC[C@H](CCC)CC3)CC2)c(F)c1. The molecule has 0 radical (unpaired) electrons. The first-order valence-electron chi connectivity index (χ1n) is 12.4. The highest BCUT2D eigenvalue weighted by molar-refractivity contribution is 5.61. The summed E-state index contributed by atoms with van der Waals surface area (Å²) in [6.07, 6.45) is 14.1. The summed E-state index contributed by atoms with van der Waals surface area (Å²) in [6.45, 7) is 4.22. The van der Waals surface area contributed by atoms with E-state index in [1.54, 1.807) is 12.1 Å². The molecule has 1 aromatic carbocycles. The van der Waals surface area contributed by atoms with E-state index in [2.05, 4.69) is 6.92 Å². The highest BCUT2D eigenvalue weighted by atomic mass is 19.2. The Morgan fingerprint density at radius 2 is 1.50 bits per heavy atom. The van der Waals surface area contributed by atoms with Crippen molar-refractivity contribution in [3.63, 3.8) is 0 Å². The van der Waals surface area contributed by atoms with Crippen LogP contribution in [0, 0.1) is 23.6 Å². The van der Waals surface area contributed by atoms with Gasteiger partial charge in [-0.2, -0.15) is 0 Å². The van der Waals surface area contributed by atoms with Crippen molar-refractivity contribution in [1.82, 2.24) is 0 Å². The van der Waals surface area contributed by atoms with Crippen LogP contribution in [0.4, 0.5) is 13.2 Å². The smallest absolute Gasteiger partial charge is 0.161 e. The summed E-state index contributed by atoms with van der Waals surface area (Å²) in [6, 6.07) is 4.44. The monoisotopic (exact) mass is 420 g/mol. The summed E-state index contributed by atoms with van der Waals surface area (Å²) in [5.74, 6) is 0.750. The molecule has 3 rings (SSSR count). The van der Waals surface area contributed by atoms with Gasteiger partial charge in [0.25, 0.3) is 0 Å². The molecule has 0 amide bonds. The minimum Gasteiger partial charge on any atom is -0.209 e. The van der Waals surface area contributed by atoms with E-state index < -0.39 is 11.7 Å². The summed E-state index contributed by atoms with van der Waals surface area (Å²) in [5, 5.41) is 0. The standard InChI is InChI=1S/C27H39F3/c1-3-5-7-25(28)27(30)23-16-17-24(26(29)18-23)22-14-12-21(13-15-22)20-10-8-19(6-4-2)9-11-20/h16-22H,3-15H2,1-2H3/b27-25+/t19-,20-,21?,22?. The summed E-state index contributed by atoms with van der Waals surface area (Å²) in [4.78, 5) is 0. The Balaban J connectivity index is 1.56. The van der Waals surface area contributed by atoms with Gasteiger partial charge in [0.1, 0.15) is 11.6 Å². The molecule has 0 nitrogen and oxygen atoms in total. The number of allylic oxidation sites excluding steroid dienone is 1. The average molecular weight is 421 g/mol. The fourth-order valence-electron chi connectivity index (χ4n) is 5.85. The molecule has 0 spiro atoms. The van der Waals surface area contributed by atoms with Crippen LogP contribution in [-0.4, -0.2) is 0 Å². The Morgan fingerprint density at radius 3 is 2.07 bits per heavy atom. The molecule has 0 saturated heterocycles. The highest BCUT2D eigenvalue weighted by Gasteiger charge is 2.31. The number of benzene rings is 1. The van der Waals surface area contributed by atoms with Crippen molar-refractivity contribution in [2.24, 2.45) is 17.8 Å². The topological polar surface area (TPSA) is 0 Å². The second-order valence-corrected chi connectivity index (χ2v) is 9.74. The van der Waals surface area contributed by atoms with Crippen LogP contribution in [0.3, 0.4) is 0 Å². The van der Waals surface area contributed by atoms with Gasteiger partial charge in [0.2, 0.25) is 0 Å². The Labute approximate surface area is 181 Å². The molecule has 0 aliphatic heterocycles. The second-order valence-electron chi connectivity index (χ2n) is 9.74. The van der Waals surface area contributed by atoms with E-state index in [1.807, 2.05) is 6.92 Å². The third-order valence-electron chi connectivity index (χ3n) is 7.71. The first-order valence-corrected chi connectivity index (χ1v) is 12.4. The van der Waals surface area contributed by atoms with Gasteiger partial charge in [-0.3, -0.25) is 0 Å². The molecule has 0 unspecified atom stereocenters. The minimum atomic E-state index is -0.906. The lowest BCUT2D eigenvalue weighted by Gasteiger charge is -2.38. The van der Waals surface area contributed by atoms with E-state index in [9.17, 15) is 13.2 Å². The van der Waals surface area contributed by atoms with Crippen molar-refractivity contribution in [2.75, 3.05) is 0 Å². The summed E-state index contributed by atoms with van der Waals surface area (Å²) >= 11 is 0. The third kappa shape index (κ3) is 5.92. The Hall–Kier alpha value is -1.25. The molecule has 2 aliphatic rings.